The van der Waals surface area contributed by atoms with E-state index in [1.165, 1.54) is 12.1 Å². The number of nitro benzene ring substituents is 1. The van der Waals surface area contributed by atoms with E-state index in [0.717, 1.165) is 18.8 Å². The molecule has 0 saturated heterocycles. The number of aromatic nitrogens is 2. The zero-order valence-electron chi connectivity index (χ0n) is 14.7. The topological polar surface area (TPSA) is 134 Å². The zero-order chi connectivity index (χ0) is 19.1. The van der Waals surface area contributed by atoms with Crippen LogP contribution in [0.5, 0.6) is 0 Å². The number of rotatable bonds is 9. The van der Waals surface area contributed by atoms with Crippen molar-refractivity contribution in [2.75, 3.05) is 24.5 Å². The molecule has 1 heterocycles. The zero-order valence-corrected chi connectivity index (χ0v) is 14.7. The molecule has 1 aromatic heterocycles. The number of H-pyrrole nitrogens is 1. The largest absolute Gasteiger partial charge is 0.438 e. The molecule has 0 fully saturated rings. The molecule has 2 aromatic rings. The van der Waals surface area contributed by atoms with E-state index in [-0.39, 0.29) is 17.8 Å². The molecule has 2 N–H and O–H groups in total. The van der Waals surface area contributed by atoms with E-state index in [0.29, 0.717) is 18.7 Å². The van der Waals surface area contributed by atoms with Crippen molar-refractivity contribution in [1.29, 1.82) is 0 Å². The highest BCUT2D eigenvalue weighted by Gasteiger charge is 2.21. The number of amides is 1. The first-order chi connectivity index (χ1) is 12.5. The second kappa shape index (κ2) is 8.79. The second-order valence-electron chi connectivity index (χ2n) is 5.53. The Kier molecular flexibility index (Phi) is 6.48. The molecule has 0 aliphatic rings. The molecule has 0 spiro atoms. The van der Waals surface area contributed by atoms with Gasteiger partial charge in [0.2, 0.25) is 0 Å². The van der Waals surface area contributed by atoms with Crippen LogP contribution in [-0.4, -0.2) is 40.6 Å². The highest BCUT2D eigenvalue weighted by molar-refractivity contribution is 5.99. The summed E-state index contributed by atoms with van der Waals surface area (Å²) in [4.78, 5) is 38.3. The summed E-state index contributed by atoms with van der Waals surface area (Å²) >= 11 is 0. The minimum Gasteiger partial charge on any atom is -0.372 e. The van der Waals surface area contributed by atoms with Gasteiger partial charge in [-0.2, -0.15) is 0 Å². The van der Waals surface area contributed by atoms with Crippen LogP contribution in [0.3, 0.4) is 0 Å². The number of aryl methyl sites for hydroxylation is 1. The predicted octanol–water partition coefficient (Wildman–Crippen LogP) is 1.48. The van der Waals surface area contributed by atoms with E-state index >= 15 is 0 Å². The Hall–Kier alpha value is -3.17. The van der Waals surface area contributed by atoms with Gasteiger partial charge in [0.1, 0.15) is 5.56 Å². The molecule has 0 saturated carbocycles. The van der Waals surface area contributed by atoms with Crippen LogP contribution in [0.15, 0.2) is 27.5 Å². The Labute approximate surface area is 149 Å². The Morgan fingerprint density at radius 1 is 1.38 bits per heavy atom. The molecule has 2 rings (SSSR count). The minimum absolute atomic E-state index is 0.0224. The van der Waals surface area contributed by atoms with Crippen LogP contribution >= 0.6 is 0 Å². The number of hydrogen-bond donors (Lipinski definition) is 2. The maximum atomic E-state index is 12.4. The van der Waals surface area contributed by atoms with E-state index in [2.05, 4.69) is 20.0 Å². The number of nitrogens with one attached hydrogen (secondary N) is 2. The third-order valence-electron chi connectivity index (χ3n) is 3.91. The van der Waals surface area contributed by atoms with Gasteiger partial charge in [0.25, 0.3) is 11.6 Å². The summed E-state index contributed by atoms with van der Waals surface area (Å²) in [5.74, 6) is -0.758. The molecule has 0 radical (unpaired) electrons. The summed E-state index contributed by atoms with van der Waals surface area (Å²) in [5, 5.41) is 17.4. The van der Waals surface area contributed by atoms with Gasteiger partial charge in [0.05, 0.1) is 4.92 Å². The van der Waals surface area contributed by atoms with Crippen LogP contribution in [0.25, 0.3) is 0 Å². The first-order valence-corrected chi connectivity index (χ1v) is 8.32. The molecule has 140 valence electrons. The van der Waals surface area contributed by atoms with E-state index in [1.54, 1.807) is 6.07 Å². The molecule has 0 aliphatic heterocycles. The van der Waals surface area contributed by atoms with Crippen LogP contribution in [0, 0.1) is 10.1 Å². The van der Waals surface area contributed by atoms with Crippen molar-refractivity contribution < 1.29 is 14.2 Å². The highest BCUT2D eigenvalue weighted by Crippen LogP contribution is 2.25. The predicted molar refractivity (Wildman–Crippen MR) is 94.4 cm³/mol. The van der Waals surface area contributed by atoms with Crippen molar-refractivity contribution in [3.8, 4) is 0 Å². The fourth-order valence-electron chi connectivity index (χ4n) is 2.57. The Morgan fingerprint density at radius 3 is 2.69 bits per heavy atom. The summed E-state index contributed by atoms with van der Waals surface area (Å²) in [6.07, 6.45) is 0.908. The van der Waals surface area contributed by atoms with Gasteiger partial charge in [0.15, 0.2) is 5.82 Å². The molecular formula is C16H21N5O5. The van der Waals surface area contributed by atoms with E-state index in [1.807, 2.05) is 18.7 Å². The van der Waals surface area contributed by atoms with Crippen LogP contribution in [-0.2, 0) is 6.42 Å². The van der Waals surface area contributed by atoms with Crippen LogP contribution < -0.4 is 16.0 Å². The van der Waals surface area contributed by atoms with Gasteiger partial charge >= 0.3 is 5.76 Å². The average Bonchev–Trinajstić information content (AvgIpc) is 3.04. The Bertz CT molecular complexity index is 824. The van der Waals surface area contributed by atoms with Crippen molar-refractivity contribution in [2.24, 2.45) is 0 Å². The Morgan fingerprint density at radius 2 is 2.12 bits per heavy atom. The number of nitro groups is 1. The van der Waals surface area contributed by atoms with Crippen LogP contribution in [0.2, 0.25) is 0 Å². The molecule has 0 aliphatic carbocycles. The number of hydrogen-bond acceptors (Lipinski definition) is 7. The monoisotopic (exact) mass is 363 g/mol. The molecule has 0 atom stereocenters. The highest BCUT2D eigenvalue weighted by atomic mass is 16.6. The smallest absolute Gasteiger partial charge is 0.372 e. The number of aromatic amines is 1. The van der Waals surface area contributed by atoms with Gasteiger partial charge in [-0.15, -0.1) is 0 Å². The average molecular weight is 363 g/mol. The third kappa shape index (κ3) is 4.68. The lowest BCUT2D eigenvalue weighted by Gasteiger charge is -2.21. The Balaban J connectivity index is 2.06. The van der Waals surface area contributed by atoms with Gasteiger partial charge in [-0.3, -0.25) is 24.4 Å². The fraction of sp³-hybridized carbons (Fsp3) is 0.438. The molecule has 10 nitrogen and oxygen atoms in total. The third-order valence-corrected chi connectivity index (χ3v) is 3.91. The van der Waals surface area contributed by atoms with E-state index in [9.17, 15) is 19.7 Å². The quantitative estimate of drug-likeness (QED) is 0.391. The van der Waals surface area contributed by atoms with Gasteiger partial charge in [-0.1, -0.05) is 5.16 Å². The molecule has 0 unspecified atom stereocenters. The first kappa shape index (κ1) is 19.2. The van der Waals surface area contributed by atoms with E-state index in [4.69, 9.17) is 0 Å². The van der Waals surface area contributed by atoms with Gasteiger partial charge in [-0.05, 0) is 32.4 Å². The summed E-state index contributed by atoms with van der Waals surface area (Å²) in [6.45, 7) is 5.68. The van der Waals surface area contributed by atoms with E-state index < -0.39 is 16.6 Å². The molecule has 1 amide bonds. The van der Waals surface area contributed by atoms with Crippen molar-refractivity contribution >= 4 is 17.3 Å². The number of benzene rings is 1. The van der Waals surface area contributed by atoms with Crippen molar-refractivity contribution in [3.63, 3.8) is 0 Å². The fourth-order valence-corrected chi connectivity index (χ4v) is 2.57. The molecule has 0 bridgehead atoms. The lowest BCUT2D eigenvalue weighted by Crippen LogP contribution is -2.27. The van der Waals surface area contributed by atoms with Crippen molar-refractivity contribution in [3.05, 3.63) is 50.3 Å². The van der Waals surface area contributed by atoms with Crippen molar-refractivity contribution in [2.45, 2.75) is 26.7 Å². The molecule has 26 heavy (non-hydrogen) atoms. The van der Waals surface area contributed by atoms with Crippen molar-refractivity contribution in [1.82, 2.24) is 15.5 Å². The second-order valence-corrected chi connectivity index (χ2v) is 5.53. The maximum absolute atomic E-state index is 12.4. The van der Waals surface area contributed by atoms with Gasteiger partial charge in [0, 0.05) is 37.8 Å². The summed E-state index contributed by atoms with van der Waals surface area (Å²) in [7, 11) is 0. The minimum atomic E-state index is -0.632. The molecule has 1 aromatic carbocycles. The summed E-state index contributed by atoms with van der Waals surface area (Å²) in [5.41, 5.74) is 0.541. The SMILES string of the molecule is CCN(CC)c1ccc([N+](=O)[O-])c(C(=O)NCCCc2noc(=O)[nH]2)c1. The number of nitrogens with zero attached hydrogens (tertiary/aromatic N) is 3. The molecular weight excluding hydrogens is 342 g/mol. The number of anilines is 1. The van der Waals surface area contributed by atoms with Crippen LogP contribution in [0.4, 0.5) is 11.4 Å². The van der Waals surface area contributed by atoms with Gasteiger partial charge in [-0.25, -0.2) is 4.79 Å². The maximum Gasteiger partial charge on any atom is 0.438 e. The number of carbonyl (C=O) groups excluding carboxylic acids is 1. The number of carbonyl (C=O) groups is 1. The summed E-state index contributed by atoms with van der Waals surface area (Å²) in [6, 6.07) is 4.53. The standard InChI is InChI=1S/C16H21N5O5/c1-3-20(4-2)11-7-8-13(21(24)25)12(10-11)15(22)17-9-5-6-14-18-16(23)26-19-14/h7-8,10H,3-6,9H2,1-2H3,(H,17,22)(H,18,19,23). The lowest BCUT2D eigenvalue weighted by atomic mass is 10.1. The lowest BCUT2D eigenvalue weighted by molar-refractivity contribution is -0.385. The van der Waals surface area contributed by atoms with Gasteiger partial charge < -0.3 is 10.2 Å². The molecule has 10 heteroatoms. The first-order valence-electron chi connectivity index (χ1n) is 8.32. The normalized spacial score (nSPS) is 10.5. The van der Waals surface area contributed by atoms with Crippen LogP contribution in [0.1, 0.15) is 36.5 Å². The summed E-state index contributed by atoms with van der Waals surface area (Å²) < 4.78 is 4.38.